The second-order valence-corrected chi connectivity index (χ2v) is 4.56. The van der Waals surface area contributed by atoms with Gasteiger partial charge >= 0.3 is 0 Å². The van der Waals surface area contributed by atoms with Gasteiger partial charge in [0.25, 0.3) is 0 Å². The molecule has 0 saturated carbocycles. The fraction of sp³-hybridized carbons (Fsp3) is 0.750. The Morgan fingerprint density at radius 2 is 2.36 bits per heavy atom. The summed E-state index contributed by atoms with van der Waals surface area (Å²) in [6, 6.07) is 0. The number of imidazole rings is 1. The quantitative estimate of drug-likeness (QED) is 0.783. The zero-order chi connectivity index (χ0) is 9.97. The van der Waals surface area contributed by atoms with E-state index in [1.54, 1.807) is 0 Å². The lowest BCUT2D eigenvalue weighted by Crippen LogP contribution is -2.10. The maximum Gasteiger partial charge on any atom is 0.106 e. The van der Waals surface area contributed by atoms with E-state index in [1.807, 2.05) is 0 Å². The van der Waals surface area contributed by atoms with Crippen LogP contribution in [0.2, 0.25) is 0 Å². The average Bonchev–Trinajstić information content (AvgIpc) is 2.56. The molecule has 1 N–H and O–H groups in total. The van der Waals surface area contributed by atoms with Crippen molar-refractivity contribution >= 4 is 0 Å². The molecule has 1 unspecified atom stereocenters. The monoisotopic (exact) mass is 192 g/mol. The standard InChI is InChI=1S/C12H20N2/c1-3-4-5-12-13-10-7-6-9(2)8-11(10)14-12/h9H,3-8H2,1-2H3,(H,13,14). The summed E-state index contributed by atoms with van der Waals surface area (Å²) in [5.74, 6) is 2.05. The molecule has 1 aromatic heterocycles. The number of aromatic amines is 1. The highest BCUT2D eigenvalue weighted by molar-refractivity contribution is 5.18. The Bertz CT molecular complexity index is 301. The molecular weight excluding hydrogens is 172 g/mol. The summed E-state index contributed by atoms with van der Waals surface area (Å²) >= 11 is 0. The van der Waals surface area contributed by atoms with Gasteiger partial charge in [0.15, 0.2) is 0 Å². The van der Waals surface area contributed by atoms with Crippen LogP contribution < -0.4 is 0 Å². The first-order chi connectivity index (χ1) is 6.79. The molecule has 2 heteroatoms. The van der Waals surface area contributed by atoms with E-state index >= 15 is 0 Å². The third-order valence-electron chi connectivity index (χ3n) is 3.11. The lowest BCUT2D eigenvalue weighted by Gasteiger charge is -2.15. The number of unbranched alkanes of at least 4 members (excludes halogenated alkanes) is 1. The van der Waals surface area contributed by atoms with Crippen molar-refractivity contribution in [3.8, 4) is 0 Å². The molecule has 0 amide bonds. The number of nitrogens with one attached hydrogen (secondary N) is 1. The minimum atomic E-state index is 0.835. The van der Waals surface area contributed by atoms with Crippen molar-refractivity contribution in [3.05, 3.63) is 17.2 Å². The number of rotatable bonds is 3. The van der Waals surface area contributed by atoms with E-state index in [4.69, 9.17) is 0 Å². The van der Waals surface area contributed by atoms with E-state index in [-0.39, 0.29) is 0 Å². The van der Waals surface area contributed by atoms with Crippen molar-refractivity contribution in [1.29, 1.82) is 0 Å². The summed E-state index contributed by atoms with van der Waals surface area (Å²) in [7, 11) is 0. The van der Waals surface area contributed by atoms with Crippen LogP contribution in [0.5, 0.6) is 0 Å². The number of nitrogens with zero attached hydrogens (tertiary/aromatic N) is 1. The average molecular weight is 192 g/mol. The van der Waals surface area contributed by atoms with Crippen molar-refractivity contribution in [2.45, 2.75) is 52.4 Å². The Hall–Kier alpha value is -0.790. The number of aromatic nitrogens is 2. The summed E-state index contributed by atoms with van der Waals surface area (Å²) in [4.78, 5) is 8.15. The number of hydrogen-bond donors (Lipinski definition) is 1. The first-order valence-corrected chi connectivity index (χ1v) is 5.86. The first kappa shape index (κ1) is 9.75. The van der Waals surface area contributed by atoms with Crippen LogP contribution in [-0.4, -0.2) is 9.97 Å². The van der Waals surface area contributed by atoms with Crippen molar-refractivity contribution in [1.82, 2.24) is 9.97 Å². The van der Waals surface area contributed by atoms with Gasteiger partial charge in [-0.3, -0.25) is 0 Å². The van der Waals surface area contributed by atoms with E-state index < -0.39 is 0 Å². The maximum absolute atomic E-state index is 4.67. The molecular formula is C12H20N2. The fourth-order valence-corrected chi connectivity index (χ4v) is 2.18. The van der Waals surface area contributed by atoms with E-state index in [2.05, 4.69) is 23.8 Å². The molecule has 0 fully saturated rings. The van der Waals surface area contributed by atoms with Crippen molar-refractivity contribution in [2.75, 3.05) is 0 Å². The molecule has 0 radical (unpaired) electrons. The second-order valence-electron chi connectivity index (χ2n) is 4.56. The molecule has 0 aromatic carbocycles. The van der Waals surface area contributed by atoms with Crippen LogP contribution in [0.1, 0.15) is 50.3 Å². The Kier molecular flexibility index (Phi) is 2.90. The molecule has 0 bridgehead atoms. The molecule has 78 valence electrons. The van der Waals surface area contributed by atoms with Gasteiger partial charge in [0.1, 0.15) is 5.82 Å². The minimum Gasteiger partial charge on any atom is -0.346 e. The van der Waals surface area contributed by atoms with Crippen LogP contribution in [0, 0.1) is 5.92 Å². The Morgan fingerprint density at radius 3 is 3.14 bits per heavy atom. The zero-order valence-electron chi connectivity index (χ0n) is 9.27. The van der Waals surface area contributed by atoms with Crippen LogP contribution in [0.3, 0.4) is 0 Å². The van der Waals surface area contributed by atoms with Gasteiger partial charge in [0.2, 0.25) is 0 Å². The van der Waals surface area contributed by atoms with Crippen LogP contribution in [0.25, 0.3) is 0 Å². The second kappa shape index (κ2) is 4.16. The van der Waals surface area contributed by atoms with Gasteiger partial charge in [0, 0.05) is 12.1 Å². The van der Waals surface area contributed by atoms with Gasteiger partial charge in [-0.2, -0.15) is 0 Å². The molecule has 14 heavy (non-hydrogen) atoms. The Balaban J connectivity index is 2.07. The number of hydrogen-bond acceptors (Lipinski definition) is 1. The molecule has 0 spiro atoms. The highest BCUT2D eigenvalue weighted by Gasteiger charge is 2.18. The number of aryl methyl sites for hydroxylation is 2. The van der Waals surface area contributed by atoms with Crippen LogP contribution >= 0.6 is 0 Å². The van der Waals surface area contributed by atoms with Crippen molar-refractivity contribution in [2.24, 2.45) is 5.92 Å². The van der Waals surface area contributed by atoms with E-state index in [0.29, 0.717) is 0 Å². The molecule has 1 aliphatic rings. The molecule has 2 nitrogen and oxygen atoms in total. The van der Waals surface area contributed by atoms with Crippen LogP contribution in [-0.2, 0) is 19.3 Å². The van der Waals surface area contributed by atoms with Gasteiger partial charge in [-0.05, 0) is 31.6 Å². The summed E-state index contributed by atoms with van der Waals surface area (Å²) < 4.78 is 0. The third kappa shape index (κ3) is 1.99. The zero-order valence-corrected chi connectivity index (χ0v) is 9.27. The Morgan fingerprint density at radius 1 is 1.50 bits per heavy atom. The van der Waals surface area contributed by atoms with Gasteiger partial charge in [-0.1, -0.05) is 20.3 Å². The molecule has 1 aromatic rings. The molecule has 0 saturated heterocycles. The Labute approximate surface area is 86.1 Å². The van der Waals surface area contributed by atoms with Gasteiger partial charge in [-0.15, -0.1) is 0 Å². The minimum absolute atomic E-state index is 0.835. The number of H-pyrrole nitrogens is 1. The summed E-state index contributed by atoms with van der Waals surface area (Å²) in [6.07, 6.45) is 7.32. The lowest BCUT2D eigenvalue weighted by molar-refractivity contribution is 0.492. The maximum atomic E-state index is 4.67. The van der Waals surface area contributed by atoms with Gasteiger partial charge in [-0.25, -0.2) is 4.98 Å². The molecule has 1 atom stereocenters. The topological polar surface area (TPSA) is 28.7 Å². The van der Waals surface area contributed by atoms with E-state index in [1.165, 1.54) is 49.3 Å². The smallest absolute Gasteiger partial charge is 0.106 e. The highest BCUT2D eigenvalue weighted by Crippen LogP contribution is 2.23. The molecule has 0 aliphatic heterocycles. The third-order valence-corrected chi connectivity index (χ3v) is 3.11. The van der Waals surface area contributed by atoms with Gasteiger partial charge < -0.3 is 4.98 Å². The lowest BCUT2D eigenvalue weighted by atomic mass is 9.92. The molecule has 1 aliphatic carbocycles. The first-order valence-electron chi connectivity index (χ1n) is 5.86. The normalized spacial score (nSPS) is 20.9. The SMILES string of the molecule is CCCCc1nc2c([nH]1)CC(C)CC2. The highest BCUT2D eigenvalue weighted by atomic mass is 14.9. The predicted octanol–water partition coefficient (Wildman–Crippen LogP) is 2.88. The van der Waals surface area contributed by atoms with Crippen molar-refractivity contribution in [3.63, 3.8) is 0 Å². The summed E-state index contributed by atoms with van der Waals surface area (Å²) in [5, 5.41) is 0. The fourth-order valence-electron chi connectivity index (χ4n) is 2.18. The van der Waals surface area contributed by atoms with E-state index in [0.717, 1.165) is 12.3 Å². The van der Waals surface area contributed by atoms with E-state index in [9.17, 15) is 0 Å². The summed E-state index contributed by atoms with van der Waals surface area (Å²) in [5.41, 5.74) is 2.75. The molecule has 1 heterocycles. The van der Waals surface area contributed by atoms with Crippen molar-refractivity contribution < 1.29 is 0 Å². The van der Waals surface area contributed by atoms with Crippen LogP contribution in [0.4, 0.5) is 0 Å². The predicted molar refractivity (Wildman–Crippen MR) is 58.4 cm³/mol. The molecule has 2 rings (SSSR count). The van der Waals surface area contributed by atoms with Gasteiger partial charge in [0.05, 0.1) is 5.69 Å². The van der Waals surface area contributed by atoms with Crippen LogP contribution in [0.15, 0.2) is 0 Å². The summed E-state index contributed by atoms with van der Waals surface area (Å²) in [6.45, 7) is 4.56. The number of fused-ring (bicyclic) bond motifs is 1. The largest absolute Gasteiger partial charge is 0.346 e.